The van der Waals surface area contributed by atoms with Crippen molar-refractivity contribution in [2.45, 2.75) is 45.1 Å². The molecule has 0 aliphatic rings. The highest BCUT2D eigenvalue weighted by Gasteiger charge is 2.10. The maximum atomic E-state index is 12.9. The molecule has 0 radical (unpaired) electrons. The van der Waals surface area contributed by atoms with E-state index in [-0.39, 0.29) is 5.82 Å². The lowest BCUT2D eigenvalue weighted by atomic mass is 10.0. The summed E-state index contributed by atoms with van der Waals surface area (Å²) in [7, 11) is 1.97. The largest absolute Gasteiger partial charge is 0.317 e. The highest BCUT2D eigenvalue weighted by atomic mass is 35.5. The fourth-order valence-electron chi connectivity index (χ4n) is 1.94. The molecule has 0 aliphatic carbocycles. The third-order valence-corrected chi connectivity index (χ3v) is 3.40. The predicted molar refractivity (Wildman–Crippen MR) is 72.1 cm³/mol. The molecule has 3 heteroatoms. The quantitative estimate of drug-likeness (QED) is 0.723. The lowest BCUT2D eigenvalue weighted by Crippen LogP contribution is -2.27. The van der Waals surface area contributed by atoms with Crippen molar-refractivity contribution < 1.29 is 4.39 Å². The third kappa shape index (κ3) is 5.05. The maximum Gasteiger partial charge on any atom is 0.124 e. The topological polar surface area (TPSA) is 12.0 Å². The Morgan fingerprint density at radius 1 is 1.35 bits per heavy atom. The molecule has 96 valence electrons. The summed E-state index contributed by atoms with van der Waals surface area (Å²) in [5, 5.41) is 3.83. The first kappa shape index (κ1) is 14.5. The third-order valence-electron chi connectivity index (χ3n) is 3.05. The summed E-state index contributed by atoms with van der Waals surface area (Å²) in [6.45, 7) is 2.20. The van der Waals surface area contributed by atoms with Crippen LogP contribution in [0.3, 0.4) is 0 Å². The molecule has 17 heavy (non-hydrogen) atoms. The molecule has 0 heterocycles. The molecule has 0 bridgehead atoms. The maximum absolute atomic E-state index is 12.9. The van der Waals surface area contributed by atoms with E-state index in [0.29, 0.717) is 11.1 Å². The van der Waals surface area contributed by atoms with Gasteiger partial charge >= 0.3 is 0 Å². The highest BCUT2D eigenvalue weighted by Crippen LogP contribution is 2.20. The fraction of sp³-hybridized carbons (Fsp3) is 0.571. The lowest BCUT2D eigenvalue weighted by molar-refractivity contribution is 0.489. The lowest BCUT2D eigenvalue weighted by Gasteiger charge is -2.16. The van der Waals surface area contributed by atoms with Crippen LogP contribution in [-0.2, 0) is 6.42 Å². The van der Waals surface area contributed by atoms with Gasteiger partial charge in [0.2, 0.25) is 0 Å². The first-order valence-corrected chi connectivity index (χ1v) is 6.66. The second kappa shape index (κ2) is 7.67. The van der Waals surface area contributed by atoms with Gasteiger partial charge in [-0.1, -0.05) is 43.9 Å². The number of hydrogen-bond donors (Lipinski definition) is 1. The van der Waals surface area contributed by atoms with Crippen LogP contribution in [0.1, 0.15) is 38.2 Å². The summed E-state index contributed by atoms with van der Waals surface area (Å²) in [4.78, 5) is 0. The van der Waals surface area contributed by atoms with Crippen LogP contribution < -0.4 is 5.32 Å². The summed E-state index contributed by atoms with van der Waals surface area (Å²) < 4.78 is 12.9. The van der Waals surface area contributed by atoms with Crippen LogP contribution in [0.15, 0.2) is 18.2 Å². The molecule has 1 N–H and O–H groups in total. The molecule has 1 nitrogen and oxygen atoms in total. The van der Waals surface area contributed by atoms with E-state index in [4.69, 9.17) is 11.6 Å². The van der Waals surface area contributed by atoms with Crippen molar-refractivity contribution in [3.05, 3.63) is 34.6 Å². The van der Waals surface area contributed by atoms with E-state index in [1.54, 1.807) is 6.07 Å². The zero-order valence-electron chi connectivity index (χ0n) is 10.6. The van der Waals surface area contributed by atoms with E-state index in [2.05, 4.69) is 12.2 Å². The van der Waals surface area contributed by atoms with Gasteiger partial charge in [0.25, 0.3) is 0 Å². The van der Waals surface area contributed by atoms with Crippen molar-refractivity contribution in [1.29, 1.82) is 0 Å². The predicted octanol–water partition coefficient (Wildman–Crippen LogP) is 4.19. The molecule has 1 aromatic carbocycles. The van der Waals surface area contributed by atoms with Gasteiger partial charge in [-0.05, 0) is 37.6 Å². The minimum Gasteiger partial charge on any atom is -0.317 e. The number of likely N-dealkylation sites (N-methyl/N-ethyl adjacent to an activating group) is 1. The molecule has 0 fully saturated rings. The molecule has 0 amide bonds. The highest BCUT2D eigenvalue weighted by molar-refractivity contribution is 6.31. The molecule has 0 aromatic heterocycles. The van der Waals surface area contributed by atoms with E-state index < -0.39 is 0 Å². The van der Waals surface area contributed by atoms with E-state index in [1.165, 1.54) is 31.4 Å². The number of hydrogen-bond acceptors (Lipinski definition) is 1. The van der Waals surface area contributed by atoms with Gasteiger partial charge in [-0.15, -0.1) is 0 Å². The van der Waals surface area contributed by atoms with Crippen molar-refractivity contribution in [2.75, 3.05) is 7.05 Å². The Kier molecular flexibility index (Phi) is 6.53. The minimum absolute atomic E-state index is 0.272. The number of benzene rings is 1. The second-order valence-corrected chi connectivity index (χ2v) is 4.83. The van der Waals surface area contributed by atoms with Gasteiger partial charge < -0.3 is 5.32 Å². The van der Waals surface area contributed by atoms with Crippen LogP contribution in [0.4, 0.5) is 4.39 Å². The summed E-state index contributed by atoms with van der Waals surface area (Å²) in [5.74, 6) is -0.272. The Labute approximate surface area is 108 Å². The van der Waals surface area contributed by atoms with Crippen molar-refractivity contribution in [3.63, 3.8) is 0 Å². The summed E-state index contributed by atoms with van der Waals surface area (Å²) in [6.07, 6.45) is 5.71. The molecule has 1 rings (SSSR count). The van der Waals surface area contributed by atoms with Gasteiger partial charge in [-0.2, -0.15) is 0 Å². The standard InChI is InChI=1S/C14H21ClFN/c1-3-4-5-6-13(17-2)9-11-7-8-12(16)10-14(11)15/h7-8,10,13,17H,3-6,9H2,1-2H3. The number of rotatable bonds is 7. The van der Waals surface area contributed by atoms with Gasteiger partial charge in [0.1, 0.15) is 5.82 Å². The Morgan fingerprint density at radius 3 is 2.71 bits per heavy atom. The van der Waals surface area contributed by atoms with E-state index in [0.717, 1.165) is 18.4 Å². The molecule has 0 aliphatic heterocycles. The second-order valence-electron chi connectivity index (χ2n) is 4.42. The van der Waals surface area contributed by atoms with Crippen LogP contribution >= 0.6 is 11.6 Å². The van der Waals surface area contributed by atoms with E-state index >= 15 is 0 Å². The molecule has 0 spiro atoms. The van der Waals surface area contributed by atoms with Gasteiger partial charge in [-0.3, -0.25) is 0 Å². The monoisotopic (exact) mass is 257 g/mol. The van der Waals surface area contributed by atoms with Crippen molar-refractivity contribution >= 4 is 11.6 Å². The zero-order valence-corrected chi connectivity index (χ0v) is 11.4. The summed E-state index contributed by atoms with van der Waals surface area (Å²) in [5.41, 5.74) is 1.02. The first-order valence-electron chi connectivity index (χ1n) is 6.28. The molecule has 0 saturated carbocycles. The Hall–Kier alpha value is -0.600. The summed E-state index contributed by atoms with van der Waals surface area (Å²) >= 11 is 6.02. The van der Waals surface area contributed by atoms with Crippen LogP contribution in [0.5, 0.6) is 0 Å². The van der Waals surface area contributed by atoms with Gasteiger partial charge in [0.05, 0.1) is 0 Å². The van der Waals surface area contributed by atoms with Crippen LogP contribution in [0.25, 0.3) is 0 Å². The van der Waals surface area contributed by atoms with Crippen LogP contribution in [-0.4, -0.2) is 13.1 Å². The molecule has 1 aromatic rings. The normalized spacial score (nSPS) is 12.7. The van der Waals surface area contributed by atoms with Crippen LogP contribution in [0.2, 0.25) is 5.02 Å². The Balaban J connectivity index is 2.54. The zero-order chi connectivity index (χ0) is 12.7. The van der Waals surface area contributed by atoms with Crippen molar-refractivity contribution in [1.82, 2.24) is 5.32 Å². The SMILES string of the molecule is CCCCCC(Cc1ccc(F)cc1Cl)NC. The fourth-order valence-corrected chi connectivity index (χ4v) is 2.19. The average Bonchev–Trinajstić information content (AvgIpc) is 2.31. The minimum atomic E-state index is -0.272. The molecular weight excluding hydrogens is 237 g/mol. The molecule has 1 atom stereocenters. The first-order chi connectivity index (χ1) is 8.17. The number of unbranched alkanes of at least 4 members (excludes halogenated alkanes) is 2. The average molecular weight is 258 g/mol. The van der Waals surface area contributed by atoms with Crippen LogP contribution in [0, 0.1) is 5.82 Å². The van der Waals surface area contributed by atoms with Gasteiger partial charge in [0, 0.05) is 11.1 Å². The van der Waals surface area contributed by atoms with Gasteiger partial charge in [-0.25, -0.2) is 4.39 Å². The van der Waals surface area contributed by atoms with Crippen molar-refractivity contribution in [3.8, 4) is 0 Å². The van der Waals surface area contributed by atoms with E-state index in [1.807, 2.05) is 7.05 Å². The number of nitrogens with one attached hydrogen (secondary N) is 1. The Morgan fingerprint density at radius 2 is 2.12 bits per heavy atom. The molecule has 1 unspecified atom stereocenters. The number of halogens is 2. The smallest absolute Gasteiger partial charge is 0.124 e. The molecule has 0 saturated heterocycles. The van der Waals surface area contributed by atoms with E-state index in [9.17, 15) is 4.39 Å². The Bertz CT molecular complexity index is 341. The summed E-state index contributed by atoms with van der Waals surface area (Å²) in [6, 6.07) is 5.06. The molecular formula is C14H21ClFN. The van der Waals surface area contributed by atoms with Crippen molar-refractivity contribution in [2.24, 2.45) is 0 Å². The van der Waals surface area contributed by atoms with Gasteiger partial charge in [0.15, 0.2) is 0 Å².